The Balaban J connectivity index is 1.47. The molecule has 30 heavy (non-hydrogen) atoms. The second-order valence-corrected chi connectivity index (χ2v) is 10.2. The zero-order chi connectivity index (χ0) is 20.7. The second-order valence-electron chi connectivity index (χ2n) is 8.41. The van der Waals surface area contributed by atoms with E-state index in [0.717, 1.165) is 53.7 Å². The minimum absolute atomic E-state index is 0.132. The molecule has 6 nitrogen and oxygen atoms in total. The Kier molecular flexibility index (Phi) is 4.85. The van der Waals surface area contributed by atoms with Crippen LogP contribution in [0.25, 0.3) is 10.9 Å². The van der Waals surface area contributed by atoms with Gasteiger partial charge in [-0.2, -0.15) is 17.6 Å². The van der Waals surface area contributed by atoms with E-state index in [1.807, 2.05) is 18.2 Å². The Morgan fingerprint density at radius 3 is 2.40 bits per heavy atom. The largest absolute Gasteiger partial charge is 0.352 e. The monoisotopic (exact) mass is 423 g/mol. The topological polar surface area (TPSA) is 81.1 Å². The highest BCUT2D eigenvalue weighted by Crippen LogP contribution is 2.37. The molecule has 2 fully saturated rings. The first-order valence-electron chi connectivity index (χ1n) is 10.7. The molecule has 7 heteroatoms. The van der Waals surface area contributed by atoms with Gasteiger partial charge in [0.05, 0.1) is 16.1 Å². The first kappa shape index (κ1) is 19.3. The van der Waals surface area contributed by atoms with Crippen molar-refractivity contribution >= 4 is 26.8 Å². The van der Waals surface area contributed by atoms with Gasteiger partial charge in [-0.05, 0) is 61.9 Å². The van der Waals surface area contributed by atoms with Crippen LogP contribution in [-0.4, -0.2) is 30.1 Å². The number of para-hydroxylation sites is 1. The van der Waals surface area contributed by atoms with Gasteiger partial charge in [0.2, 0.25) is 0 Å². The summed E-state index contributed by atoms with van der Waals surface area (Å²) in [6.07, 6.45) is 6.74. The number of carbonyl (C=O) groups is 1. The van der Waals surface area contributed by atoms with Gasteiger partial charge in [0, 0.05) is 23.4 Å². The molecule has 0 unspecified atom stereocenters. The third-order valence-corrected chi connectivity index (χ3v) is 7.82. The van der Waals surface area contributed by atoms with Crippen LogP contribution in [0.3, 0.4) is 0 Å². The quantitative estimate of drug-likeness (QED) is 0.648. The van der Waals surface area contributed by atoms with E-state index >= 15 is 0 Å². The highest BCUT2D eigenvalue weighted by molar-refractivity contribution is 7.90. The highest BCUT2D eigenvalue weighted by Gasteiger charge is 2.28. The number of amides is 1. The van der Waals surface area contributed by atoms with Gasteiger partial charge < -0.3 is 5.32 Å². The standard InChI is InChI=1S/C23H25N3O3S/c27-23(24-15-16-9-10-16)18-11-13-19(14-12-18)30(28,29)26-21-8-4-3-7-20(21)22(25-26)17-5-1-2-6-17/h3-4,7-8,11-14,16-17H,1-2,5-6,9-10,15H2,(H,24,27). The van der Waals surface area contributed by atoms with E-state index in [9.17, 15) is 13.2 Å². The molecule has 1 aromatic heterocycles. The first-order valence-corrected chi connectivity index (χ1v) is 12.1. The number of carbonyl (C=O) groups excluding carboxylic acids is 1. The Labute approximate surface area is 176 Å². The SMILES string of the molecule is O=C(NCC1CC1)c1ccc(S(=O)(=O)n2nc(C3CCCC3)c3ccccc32)cc1. The van der Waals surface area contributed by atoms with Crippen LogP contribution in [0.1, 0.15) is 60.5 Å². The van der Waals surface area contributed by atoms with E-state index in [2.05, 4.69) is 10.4 Å². The van der Waals surface area contributed by atoms with E-state index in [1.165, 1.54) is 12.1 Å². The molecule has 0 spiro atoms. The minimum Gasteiger partial charge on any atom is -0.352 e. The van der Waals surface area contributed by atoms with Crippen LogP contribution < -0.4 is 5.32 Å². The number of aromatic nitrogens is 2. The van der Waals surface area contributed by atoms with Crippen molar-refractivity contribution in [3.05, 3.63) is 59.8 Å². The Hall–Kier alpha value is -2.67. The Morgan fingerprint density at radius 1 is 1.00 bits per heavy atom. The van der Waals surface area contributed by atoms with Crippen molar-refractivity contribution in [1.29, 1.82) is 0 Å². The summed E-state index contributed by atoms with van der Waals surface area (Å²) in [6, 6.07) is 13.6. The zero-order valence-electron chi connectivity index (χ0n) is 16.8. The summed E-state index contributed by atoms with van der Waals surface area (Å²) in [5, 5.41) is 8.39. The average Bonchev–Trinajstić information content (AvgIpc) is 3.27. The lowest BCUT2D eigenvalue weighted by atomic mass is 10.0. The molecule has 2 aliphatic rings. The normalized spacial score (nSPS) is 17.5. The molecule has 0 radical (unpaired) electrons. The summed E-state index contributed by atoms with van der Waals surface area (Å²) >= 11 is 0. The smallest absolute Gasteiger partial charge is 0.283 e. The molecule has 0 atom stereocenters. The van der Waals surface area contributed by atoms with E-state index in [4.69, 9.17) is 0 Å². The second kappa shape index (κ2) is 7.54. The van der Waals surface area contributed by atoms with Gasteiger partial charge in [-0.25, -0.2) is 0 Å². The van der Waals surface area contributed by atoms with Crippen LogP contribution in [0.15, 0.2) is 53.4 Å². The number of fused-ring (bicyclic) bond motifs is 1. The molecule has 1 N–H and O–H groups in total. The lowest BCUT2D eigenvalue weighted by Gasteiger charge is -2.08. The van der Waals surface area contributed by atoms with Gasteiger partial charge in [-0.15, -0.1) is 0 Å². The van der Waals surface area contributed by atoms with Gasteiger partial charge in [-0.3, -0.25) is 4.79 Å². The third kappa shape index (κ3) is 3.51. The summed E-state index contributed by atoms with van der Waals surface area (Å²) in [5.41, 5.74) is 1.94. The van der Waals surface area contributed by atoms with Crippen LogP contribution in [0.5, 0.6) is 0 Å². The van der Waals surface area contributed by atoms with Crippen LogP contribution in [0.4, 0.5) is 0 Å². The summed E-state index contributed by atoms with van der Waals surface area (Å²) in [4.78, 5) is 12.4. The number of hydrogen-bond donors (Lipinski definition) is 1. The van der Waals surface area contributed by atoms with Crippen LogP contribution >= 0.6 is 0 Å². The van der Waals surface area contributed by atoms with Crippen molar-refractivity contribution in [1.82, 2.24) is 14.5 Å². The fourth-order valence-electron chi connectivity index (χ4n) is 4.29. The molecule has 1 heterocycles. The van der Waals surface area contributed by atoms with Crippen LogP contribution in [0, 0.1) is 5.92 Å². The minimum atomic E-state index is -3.86. The fourth-order valence-corrected chi connectivity index (χ4v) is 5.58. The van der Waals surface area contributed by atoms with Crippen molar-refractivity contribution in [2.24, 2.45) is 5.92 Å². The predicted molar refractivity (Wildman–Crippen MR) is 115 cm³/mol. The van der Waals surface area contributed by atoms with E-state index in [0.29, 0.717) is 29.5 Å². The lowest BCUT2D eigenvalue weighted by Crippen LogP contribution is -2.25. The maximum atomic E-state index is 13.4. The van der Waals surface area contributed by atoms with Crippen LogP contribution in [0.2, 0.25) is 0 Å². The summed E-state index contributed by atoms with van der Waals surface area (Å²) < 4.78 is 27.9. The fraction of sp³-hybridized carbons (Fsp3) is 0.391. The molecule has 0 saturated heterocycles. The maximum Gasteiger partial charge on any atom is 0.283 e. The maximum absolute atomic E-state index is 13.4. The lowest BCUT2D eigenvalue weighted by molar-refractivity contribution is 0.0951. The molecule has 156 valence electrons. The Bertz CT molecular complexity index is 1190. The molecular formula is C23H25N3O3S. The molecule has 3 aromatic rings. The van der Waals surface area contributed by atoms with E-state index in [-0.39, 0.29) is 10.8 Å². The number of hydrogen-bond acceptors (Lipinski definition) is 4. The molecule has 1 amide bonds. The molecular weight excluding hydrogens is 398 g/mol. The summed E-state index contributed by atoms with van der Waals surface area (Å²) in [7, 11) is -3.86. The van der Waals surface area contributed by atoms with Crippen molar-refractivity contribution < 1.29 is 13.2 Å². The van der Waals surface area contributed by atoms with Crippen LogP contribution in [-0.2, 0) is 10.0 Å². The number of rotatable bonds is 6. The number of benzene rings is 2. The van der Waals surface area contributed by atoms with Gasteiger partial charge in [0.25, 0.3) is 15.9 Å². The van der Waals surface area contributed by atoms with Crippen molar-refractivity contribution in [3.63, 3.8) is 0 Å². The van der Waals surface area contributed by atoms with Gasteiger partial charge in [-0.1, -0.05) is 31.0 Å². The van der Waals surface area contributed by atoms with Crippen molar-refractivity contribution in [2.75, 3.05) is 6.54 Å². The van der Waals surface area contributed by atoms with E-state index < -0.39 is 10.0 Å². The molecule has 2 saturated carbocycles. The van der Waals surface area contributed by atoms with Crippen molar-refractivity contribution in [2.45, 2.75) is 49.3 Å². The van der Waals surface area contributed by atoms with Gasteiger partial charge >= 0.3 is 0 Å². The molecule has 2 aliphatic carbocycles. The Morgan fingerprint density at radius 2 is 1.70 bits per heavy atom. The van der Waals surface area contributed by atoms with Gasteiger partial charge in [0.1, 0.15) is 0 Å². The third-order valence-electron chi connectivity index (χ3n) is 6.22. The average molecular weight is 424 g/mol. The highest BCUT2D eigenvalue weighted by atomic mass is 32.2. The molecule has 2 aromatic carbocycles. The van der Waals surface area contributed by atoms with Crippen molar-refractivity contribution in [3.8, 4) is 0 Å². The predicted octanol–water partition coefficient (Wildman–Crippen LogP) is 4.07. The zero-order valence-corrected chi connectivity index (χ0v) is 17.6. The molecule has 0 bridgehead atoms. The van der Waals surface area contributed by atoms with Gasteiger partial charge in [0.15, 0.2) is 0 Å². The molecule has 0 aliphatic heterocycles. The summed E-state index contributed by atoms with van der Waals surface area (Å²) in [5.74, 6) is 0.735. The number of nitrogens with one attached hydrogen (secondary N) is 1. The van der Waals surface area contributed by atoms with E-state index in [1.54, 1.807) is 18.2 Å². The number of nitrogens with zero attached hydrogens (tertiary/aromatic N) is 2. The summed E-state index contributed by atoms with van der Waals surface area (Å²) in [6.45, 7) is 0.683. The molecule has 5 rings (SSSR count). The first-order chi connectivity index (χ1) is 14.5.